The highest BCUT2D eigenvalue weighted by Gasteiger charge is 2.52. The van der Waals surface area contributed by atoms with Gasteiger partial charge in [0.1, 0.15) is 11.5 Å². The van der Waals surface area contributed by atoms with E-state index < -0.39 is 28.1 Å². The minimum atomic E-state index is -2.43. The molecule has 8 nitrogen and oxygen atoms in total. The maximum atomic E-state index is 14.0. The van der Waals surface area contributed by atoms with Crippen LogP contribution < -0.4 is 20.1 Å². The first-order valence-corrected chi connectivity index (χ1v) is 17.5. The lowest BCUT2D eigenvalue weighted by molar-refractivity contribution is -0.144. The summed E-state index contributed by atoms with van der Waals surface area (Å²) in [5, 5.41) is 12.8. The van der Waals surface area contributed by atoms with E-state index in [1.54, 1.807) is 44.2 Å². The van der Waals surface area contributed by atoms with Gasteiger partial charge in [0.2, 0.25) is 5.78 Å². The maximum Gasteiger partial charge on any atom is 0.335 e. The number of hydrogen-bond donors (Lipinski definition) is 3. The lowest BCUT2D eigenvalue weighted by Crippen LogP contribution is -2.56. The quantitative estimate of drug-likeness (QED) is 0.0654. The second-order valence-corrected chi connectivity index (χ2v) is 15.0. The Kier molecular flexibility index (Phi) is 13.5. The SMILES string of the molecule is CCC(C)(C)c1ccc(OCCCCNCC(C)(C)C(=O)C(Cl)(Oc2ccc(C(=O)O)cc2)C(=O)Nc2ccccc2)c(C(C)(C)CC)c1. The number of alkyl halides is 1. The van der Waals surface area contributed by atoms with Gasteiger partial charge in [-0.05, 0) is 91.1 Å². The molecule has 0 heterocycles. The van der Waals surface area contributed by atoms with Crippen molar-refractivity contribution in [3.8, 4) is 11.5 Å². The van der Waals surface area contributed by atoms with Crippen LogP contribution >= 0.6 is 11.6 Å². The predicted octanol–water partition coefficient (Wildman–Crippen LogP) is 8.76. The standard InChI is InChI=1S/C40H53ClN2O6/c1-9-37(3,4)29-20-23-33(32(26-29)38(5,6)10-2)48-25-15-14-24-42-27-39(7,8)35(46)40(41,36(47)43-30-16-12-11-13-17-30)49-31-21-18-28(19-22-31)34(44)45/h11-13,16-23,26,42H,9-10,14-15,24-25,27H2,1-8H3,(H,43,47)(H,44,45). The molecule has 266 valence electrons. The van der Waals surface area contributed by atoms with E-state index in [1.807, 2.05) is 0 Å². The summed E-state index contributed by atoms with van der Waals surface area (Å²) >= 11 is 6.80. The van der Waals surface area contributed by atoms with Crippen molar-refractivity contribution in [2.45, 2.75) is 97.0 Å². The summed E-state index contributed by atoms with van der Waals surface area (Å²) in [6.45, 7) is 18.3. The van der Waals surface area contributed by atoms with Crippen LogP contribution in [0.1, 0.15) is 103 Å². The van der Waals surface area contributed by atoms with Crippen molar-refractivity contribution in [3.63, 3.8) is 0 Å². The predicted molar refractivity (Wildman–Crippen MR) is 197 cm³/mol. The summed E-state index contributed by atoms with van der Waals surface area (Å²) in [7, 11) is 0. The highest BCUT2D eigenvalue weighted by atomic mass is 35.5. The number of carboxylic acid groups (broad SMARTS) is 1. The molecular formula is C40H53ClN2O6. The molecule has 0 spiro atoms. The van der Waals surface area contributed by atoms with Gasteiger partial charge in [0, 0.05) is 23.2 Å². The fourth-order valence-electron chi connectivity index (χ4n) is 5.21. The molecule has 49 heavy (non-hydrogen) atoms. The molecule has 0 bridgehead atoms. The molecule has 3 aromatic rings. The smallest absolute Gasteiger partial charge is 0.335 e. The average molecular weight is 693 g/mol. The summed E-state index contributed by atoms with van der Waals surface area (Å²) in [5.41, 5.74) is 1.99. The van der Waals surface area contributed by atoms with Gasteiger partial charge in [-0.1, -0.05) is 97.3 Å². The van der Waals surface area contributed by atoms with Crippen molar-refractivity contribution in [1.29, 1.82) is 0 Å². The number of amides is 1. The summed E-state index contributed by atoms with van der Waals surface area (Å²) < 4.78 is 12.2. The summed E-state index contributed by atoms with van der Waals surface area (Å²) in [6, 6.07) is 20.6. The normalized spacial score (nSPS) is 13.3. The molecule has 3 aromatic carbocycles. The fraction of sp³-hybridized carbons (Fsp3) is 0.475. The van der Waals surface area contributed by atoms with Gasteiger partial charge >= 0.3 is 11.0 Å². The van der Waals surface area contributed by atoms with Crippen molar-refractivity contribution in [2.24, 2.45) is 5.41 Å². The zero-order valence-electron chi connectivity index (χ0n) is 30.2. The van der Waals surface area contributed by atoms with Crippen LogP contribution in [0.4, 0.5) is 5.69 Å². The van der Waals surface area contributed by atoms with E-state index in [0.717, 1.165) is 31.4 Å². The first-order chi connectivity index (χ1) is 23.0. The molecule has 0 saturated heterocycles. The number of carboxylic acids is 1. The van der Waals surface area contributed by atoms with Crippen LogP contribution in [-0.4, -0.2) is 47.5 Å². The number of ketones is 1. The Morgan fingerprint density at radius 3 is 2.04 bits per heavy atom. The topological polar surface area (TPSA) is 114 Å². The van der Waals surface area contributed by atoms with Gasteiger partial charge in [-0.2, -0.15) is 0 Å². The van der Waals surface area contributed by atoms with Crippen LogP contribution in [0.25, 0.3) is 0 Å². The second kappa shape index (κ2) is 16.7. The Labute approximate surface area is 296 Å². The molecule has 1 unspecified atom stereocenters. The number of halogens is 1. The Hall–Kier alpha value is -3.88. The number of benzene rings is 3. The molecule has 3 N–H and O–H groups in total. The molecule has 0 aliphatic heterocycles. The zero-order valence-corrected chi connectivity index (χ0v) is 31.0. The van der Waals surface area contributed by atoms with Gasteiger partial charge in [-0.25, -0.2) is 4.79 Å². The van der Waals surface area contributed by atoms with E-state index >= 15 is 0 Å². The number of hydrogen-bond acceptors (Lipinski definition) is 6. The van der Waals surface area contributed by atoms with Gasteiger partial charge in [0.05, 0.1) is 12.2 Å². The highest BCUT2D eigenvalue weighted by Crippen LogP contribution is 2.39. The Morgan fingerprint density at radius 1 is 0.816 bits per heavy atom. The third-order valence-electron chi connectivity index (χ3n) is 9.42. The molecule has 1 amide bonds. The largest absolute Gasteiger partial charge is 0.493 e. The molecule has 0 aliphatic carbocycles. The minimum Gasteiger partial charge on any atom is -0.493 e. The lowest BCUT2D eigenvalue weighted by Gasteiger charge is -2.33. The van der Waals surface area contributed by atoms with Crippen molar-refractivity contribution in [3.05, 3.63) is 89.5 Å². The summed E-state index contributed by atoms with van der Waals surface area (Å²) in [5.74, 6) is -1.61. The van der Waals surface area contributed by atoms with Gasteiger partial charge in [0.25, 0.3) is 5.91 Å². The van der Waals surface area contributed by atoms with Crippen LogP contribution in [-0.2, 0) is 20.4 Å². The number of carbonyl (C=O) groups excluding carboxylic acids is 2. The number of nitrogens with one attached hydrogen (secondary N) is 2. The lowest BCUT2D eigenvalue weighted by atomic mass is 9.76. The number of ether oxygens (including phenoxy) is 2. The molecular weight excluding hydrogens is 640 g/mol. The Morgan fingerprint density at radius 2 is 1.45 bits per heavy atom. The third-order valence-corrected chi connectivity index (χ3v) is 9.84. The van der Waals surface area contributed by atoms with Crippen molar-refractivity contribution < 1.29 is 29.0 Å². The van der Waals surface area contributed by atoms with E-state index in [4.69, 9.17) is 21.1 Å². The van der Waals surface area contributed by atoms with Crippen LogP contribution in [0.15, 0.2) is 72.8 Å². The summed E-state index contributed by atoms with van der Waals surface area (Å²) in [6.07, 6.45) is 3.67. The number of rotatable bonds is 19. The highest BCUT2D eigenvalue weighted by molar-refractivity contribution is 6.47. The minimum absolute atomic E-state index is 0.0177. The molecule has 0 aliphatic rings. The molecule has 0 fully saturated rings. The van der Waals surface area contributed by atoms with E-state index in [1.165, 1.54) is 35.4 Å². The molecule has 0 radical (unpaired) electrons. The number of para-hydroxylation sites is 1. The number of Topliss-reactive ketones (excluding diaryl/α,β-unsaturated/α-hetero) is 1. The van der Waals surface area contributed by atoms with Gasteiger partial charge in [-0.15, -0.1) is 0 Å². The summed E-state index contributed by atoms with van der Waals surface area (Å²) in [4.78, 5) is 38.8. The Bertz CT molecular complexity index is 1570. The van der Waals surface area contributed by atoms with Crippen LogP contribution in [0, 0.1) is 5.41 Å². The third kappa shape index (κ3) is 10.3. The second-order valence-electron chi connectivity index (χ2n) is 14.5. The maximum absolute atomic E-state index is 14.0. The first kappa shape index (κ1) is 39.6. The van der Waals surface area contributed by atoms with E-state index in [2.05, 4.69) is 70.4 Å². The van der Waals surface area contributed by atoms with E-state index in [0.29, 0.717) is 18.8 Å². The molecule has 0 saturated carbocycles. The van der Waals surface area contributed by atoms with Crippen molar-refractivity contribution in [1.82, 2.24) is 5.32 Å². The molecule has 9 heteroatoms. The van der Waals surface area contributed by atoms with Crippen LogP contribution in [0.5, 0.6) is 11.5 Å². The fourth-order valence-corrected chi connectivity index (χ4v) is 5.60. The van der Waals surface area contributed by atoms with Gasteiger partial charge < -0.3 is 25.2 Å². The van der Waals surface area contributed by atoms with Crippen molar-refractivity contribution >= 4 is 34.9 Å². The van der Waals surface area contributed by atoms with Crippen LogP contribution in [0.3, 0.4) is 0 Å². The van der Waals surface area contributed by atoms with Crippen molar-refractivity contribution in [2.75, 3.05) is 25.0 Å². The molecule has 3 rings (SSSR count). The van der Waals surface area contributed by atoms with Gasteiger partial charge in [-0.3, -0.25) is 9.59 Å². The van der Waals surface area contributed by atoms with Crippen LogP contribution in [0.2, 0.25) is 0 Å². The number of anilines is 1. The Balaban J connectivity index is 1.63. The molecule has 1 atom stereocenters. The average Bonchev–Trinajstić information content (AvgIpc) is 3.07. The number of aromatic carboxylic acids is 1. The monoisotopic (exact) mass is 692 g/mol. The van der Waals surface area contributed by atoms with Gasteiger partial charge in [0.15, 0.2) is 0 Å². The number of unbranched alkanes of at least 4 members (excludes halogenated alkanes) is 1. The van der Waals surface area contributed by atoms with E-state index in [-0.39, 0.29) is 28.7 Å². The zero-order chi connectivity index (χ0) is 36.5. The molecule has 0 aromatic heterocycles. The van der Waals surface area contributed by atoms with E-state index in [9.17, 15) is 19.5 Å². The first-order valence-electron chi connectivity index (χ1n) is 17.1. The number of carbonyl (C=O) groups is 3.